The van der Waals surface area contributed by atoms with Crippen LogP contribution in [0.15, 0.2) is 18.5 Å². The average molecular weight is 450 g/mol. The Hall–Kier alpha value is -2.13. The number of pyridine rings is 1. The number of hydrogen-bond donors (Lipinski definition) is 1. The van der Waals surface area contributed by atoms with Crippen molar-refractivity contribution in [2.45, 2.75) is 51.6 Å². The van der Waals surface area contributed by atoms with Crippen molar-refractivity contribution in [2.24, 2.45) is 5.92 Å². The van der Waals surface area contributed by atoms with Crippen LogP contribution >= 0.6 is 11.3 Å². The lowest BCUT2D eigenvalue weighted by atomic mass is 9.92. The van der Waals surface area contributed by atoms with Crippen LogP contribution < -0.4 is 10.2 Å². The molecule has 2 aromatic rings. The second-order valence-electron chi connectivity index (χ2n) is 8.40. The van der Waals surface area contributed by atoms with Crippen LogP contribution in [0.2, 0.25) is 0 Å². The number of piperidine rings is 2. The maximum Gasteiger partial charge on any atom is 0.263 e. The molecular formula is C22H29F2N5OS. The lowest BCUT2D eigenvalue weighted by Gasteiger charge is -2.42. The Morgan fingerprint density at radius 3 is 2.74 bits per heavy atom. The van der Waals surface area contributed by atoms with Gasteiger partial charge in [0, 0.05) is 31.7 Å². The summed E-state index contributed by atoms with van der Waals surface area (Å²) in [4.78, 5) is 26.0. The van der Waals surface area contributed by atoms with E-state index in [9.17, 15) is 13.6 Å². The number of thiazole rings is 1. The quantitative estimate of drug-likeness (QED) is 0.726. The molecular weight excluding hydrogens is 420 g/mol. The van der Waals surface area contributed by atoms with Crippen LogP contribution in [-0.4, -0.2) is 53.0 Å². The first kappa shape index (κ1) is 22.1. The average Bonchev–Trinajstić information content (AvgIpc) is 3.29. The van der Waals surface area contributed by atoms with E-state index in [1.807, 2.05) is 0 Å². The number of likely N-dealkylation sites (tertiary alicyclic amines) is 1. The molecule has 2 aliphatic rings. The molecule has 2 aliphatic heterocycles. The van der Waals surface area contributed by atoms with Gasteiger partial charge in [0.1, 0.15) is 16.5 Å². The Morgan fingerprint density at radius 2 is 2.00 bits per heavy atom. The summed E-state index contributed by atoms with van der Waals surface area (Å²) in [5.74, 6) is -1.01. The number of halogens is 2. The summed E-state index contributed by atoms with van der Waals surface area (Å²) < 4.78 is 26.6. The summed E-state index contributed by atoms with van der Waals surface area (Å²) in [6.07, 6.45) is 8.67. The van der Waals surface area contributed by atoms with Gasteiger partial charge >= 0.3 is 0 Å². The molecule has 1 atom stereocenters. The Balaban J connectivity index is 1.28. The molecule has 6 nitrogen and oxygen atoms in total. The third-order valence-corrected chi connectivity index (χ3v) is 7.45. The number of rotatable bonds is 6. The normalized spacial score (nSPS) is 20.7. The van der Waals surface area contributed by atoms with E-state index in [1.165, 1.54) is 43.7 Å². The van der Waals surface area contributed by atoms with Gasteiger partial charge in [0.05, 0.1) is 24.6 Å². The van der Waals surface area contributed by atoms with Crippen molar-refractivity contribution in [3.8, 4) is 0 Å². The van der Waals surface area contributed by atoms with Crippen molar-refractivity contribution in [3.05, 3.63) is 40.7 Å². The summed E-state index contributed by atoms with van der Waals surface area (Å²) in [6.45, 7) is 6.52. The van der Waals surface area contributed by atoms with Crippen LogP contribution in [0.4, 0.5) is 13.9 Å². The molecule has 0 saturated carbocycles. The second-order valence-corrected chi connectivity index (χ2v) is 9.41. The van der Waals surface area contributed by atoms with Gasteiger partial charge in [-0.3, -0.25) is 14.7 Å². The van der Waals surface area contributed by atoms with Crippen molar-refractivity contribution in [2.75, 3.05) is 31.1 Å². The number of nitrogens with zero attached hydrogens (tertiary/aromatic N) is 4. The highest BCUT2D eigenvalue weighted by Crippen LogP contribution is 2.29. The third kappa shape index (κ3) is 5.38. The third-order valence-electron chi connectivity index (χ3n) is 6.40. The largest absolute Gasteiger partial charge is 0.348 e. The van der Waals surface area contributed by atoms with Gasteiger partial charge in [0.25, 0.3) is 5.91 Å². The van der Waals surface area contributed by atoms with Crippen LogP contribution in [0.25, 0.3) is 0 Å². The Kier molecular flexibility index (Phi) is 7.12. The monoisotopic (exact) mass is 449 g/mol. The van der Waals surface area contributed by atoms with Crippen molar-refractivity contribution in [1.82, 2.24) is 20.2 Å². The molecule has 4 heterocycles. The van der Waals surface area contributed by atoms with E-state index in [2.05, 4.69) is 32.0 Å². The molecule has 0 radical (unpaired) electrons. The Bertz CT molecular complexity index is 900. The van der Waals surface area contributed by atoms with E-state index >= 15 is 0 Å². The number of amides is 1. The lowest BCUT2D eigenvalue weighted by molar-refractivity contribution is 0.0954. The highest BCUT2D eigenvalue weighted by atomic mass is 32.1. The molecule has 1 N–H and O–H groups in total. The minimum absolute atomic E-state index is 0.00425. The fraction of sp³-hybridized carbons (Fsp3) is 0.591. The van der Waals surface area contributed by atoms with Crippen LogP contribution in [0, 0.1) is 17.6 Å². The van der Waals surface area contributed by atoms with Gasteiger partial charge < -0.3 is 10.2 Å². The number of carbonyl (C=O) groups excluding carboxylic acids is 1. The number of aromatic nitrogens is 2. The zero-order valence-electron chi connectivity index (χ0n) is 17.8. The highest BCUT2D eigenvalue weighted by molar-refractivity contribution is 7.17. The van der Waals surface area contributed by atoms with Crippen molar-refractivity contribution >= 4 is 22.4 Å². The van der Waals surface area contributed by atoms with E-state index in [4.69, 9.17) is 0 Å². The van der Waals surface area contributed by atoms with E-state index in [1.54, 1.807) is 6.20 Å². The summed E-state index contributed by atoms with van der Waals surface area (Å²) in [7, 11) is 0. The first-order valence-electron chi connectivity index (χ1n) is 11.1. The van der Waals surface area contributed by atoms with Gasteiger partial charge in [-0.1, -0.05) is 24.7 Å². The second kappa shape index (κ2) is 9.99. The van der Waals surface area contributed by atoms with E-state index in [-0.39, 0.29) is 18.1 Å². The Labute approximate surface area is 185 Å². The molecule has 168 valence electrons. The lowest BCUT2D eigenvalue weighted by Crippen LogP contribution is -2.48. The van der Waals surface area contributed by atoms with Gasteiger partial charge in [0.2, 0.25) is 0 Å². The van der Waals surface area contributed by atoms with Gasteiger partial charge in [-0.25, -0.2) is 13.8 Å². The summed E-state index contributed by atoms with van der Waals surface area (Å²) >= 11 is 1.35. The van der Waals surface area contributed by atoms with E-state index in [0.717, 1.165) is 49.2 Å². The van der Waals surface area contributed by atoms with Crippen molar-refractivity contribution in [3.63, 3.8) is 0 Å². The van der Waals surface area contributed by atoms with Gasteiger partial charge in [-0.05, 0) is 38.1 Å². The van der Waals surface area contributed by atoms with Gasteiger partial charge in [-0.15, -0.1) is 0 Å². The zero-order chi connectivity index (χ0) is 21.8. The molecule has 31 heavy (non-hydrogen) atoms. The molecule has 0 bridgehead atoms. The number of nitrogens with one attached hydrogen (secondary N) is 1. The number of hydrogen-bond acceptors (Lipinski definition) is 6. The number of anilines is 1. The highest BCUT2D eigenvalue weighted by Gasteiger charge is 2.29. The predicted octanol–water partition coefficient (Wildman–Crippen LogP) is 3.84. The van der Waals surface area contributed by atoms with Gasteiger partial charge in [0.15, 0.2) is 5.13 Å². The fourth-order valence-electron chi connectivity index (χ4n) is 4.52. The number of carbonyl (C=O) groups is 1. The molecule has 0 aromatic carbocycles. The predicted molar refractivity (Wildman–Crippen MR) is 117 cm³/mol. The standard InChI is InChI=1S/C22H29F2N5OS/c1-2-15-4-3-7-29(14-15)17-5-8-28(9-6-17)22-27-13-20(31-22)21(30)26-12-19-18(24)10-16(23)11-25-19/h10-11,13,15,17H,2-9,12,14H2,1H3,(H,26,30). The molecule has 1 unspecified atom stereocenters. The summed E-state index contributed by atoms with van der Waals surface area (Å²) in [6, 6.07) is 1.40. The molecule has 4 rings (SSSR count). The van der Waals surface area contributed by atoms with Crippen LogP contribution in [0.5, 0.6) is 0 Å². The summed E-state index contributed by atoms with van der Waals surface area (Å²) in [5.41, 5.74) is 0.00425. The van der Waals surface area contributed by atoms with Crippen LogP contribution in [-0.2, 0) is 6.54 Å². The molecule has 2 aromatic heterocycles. The molecule has 2 saturated heterocycles. The van der Waals surface area contributed by atoms with Crippen LogP contribution in [0.1, 0.15) is 54.4 Å². The smallest absolute Gasteiger partial charge is 0.263 e. The molecule has 2 fully saturated rings. The first-order valence-corrected chi connectivity index (χ1v) is 11.9. The molecule has 0 spiro atoms. The van der Waals surface area contributed by atoms with Gasteiger partial charge in [-0.2, -0.15) is 0 Å². The SMILES string of the molecule is CCC1CCCN(C2CCN(c3ncc(C(=O)NCc4ncc(F)cc4F)s3)CC2)C1. The first-order chi connectivity index (χ1) is 15.0. The summed E-state index contributed by atoms with van der Waals surface area (Å²) in [5, 5.41) is 3.48. The van der Waals surface area contributed by atoms with E-state index in [0.29, 0.717) is 10.9 Å². The maximum absolute atomic E-state index is 13.7. The minimum Gasteiger partial charge on any atom is -0.348 e. The van der Waals surface area contributed by atoms with Crippen LogP contribution in [0.3, 0.4) is 0 Å². The Morgan fingerprint density at radius 1 is 1.19 bits per heavy atom. The van der Waals surface area contributed by atoms with Crippen molar-refractivity contribution < 1.29 is 13.6 Å². The molecule has 9 heteroatoms. The molecule has 0 aliphatic carbocycles. The topological polar surface area (TPSA) is 61.4 Å². The fourth-order valence-corrected chi connectivity index (χ4v) is 5.41. The zero-order valence-corrected chi connectivity index (χ0v) is 18.6. The van der Waals surface area contributed by atoms with E-state index < -0.39 is 11.6 Å². The van der Waals surface area contributed by atoms with Crippen molar-refractivity contribution in [1.29, 1.82) is 0 Å². The molecule has 1 amide bonds. The minimum atomic E-state index is -0.771. The maximum atomic E-state index is 13.7.